The zero-order valence-electron chi connectivity index (χ0n) is 14.4. The lowest BCUT2D eigenvalue weighted by Crippen LogP contribution is -2.44. The molecule has 1 saturated carbocycles. The van der Waals surface area contributed by atoms with Crippen molar-refractivity contribution in [3.63, 3.8) is 0 Å². The van der Waals surface area contributed by atoms with Crippen molar-refractivity contribution in [1.82, 2.24) is 15.5 Å². The quantitative estimate of drug-likeness (QED) is 0.543. The fourth-order valence-corrected chi connectivity index (χ4v) is 2.92. The Morgan fingerprint density at radius 1 is 1.25 bits per heavy atom. The summed E-state index contributed by atoms with van der Waals surface area (Å²) >= 11 is 0. The fourth-order valence-electron chi connectivity index (χ4n) is 2.92. The van der Waals surface area contributed by atoms with E-state index in [2.05, 4.69) is 10.6 Å². The maximum Gasteiger partial charge on any atom is 0.326 e. The van der Waals surface area contributed by atoms with Crippen LogP contribution in [0.5, 0.6) is 0 Å². The Labute approximate surface area is 141 Å². The number of hydrogen-bond acceptors (Lipinski definition) is 5. The Morgan fingerprint density at radius 2 is 1.88 bits per heavy atom. The minimum absolute atomic E-state index is 0.0376. The van der Waals surface area contributed by atoms with Gasteiger partial charge in [0.1, 0.15) is 12.1 Å². The molecular weight excluding hydrogens is 314 g/mol. The summed E-state index contributed by atoms with van der Waals surface area (Å²) in [5.41, 5.74) is -0.846. The van der Waals surface area contributed by atoms with Crippen molar-refractivity contribution in [1.29, 1.82) is 0 Å². The fraction of sp³-hybridized carbons (Fsp3) is 0.750. The predicted molar refractivity (Wildman–Crippen MR) is 84.8 cm³/mol. The molecule has 0 aromatic rings. The molecule has 1 saturated heterocycles. The van der Waals surface area contributed by atoms with E-state index in [1.165, 1.54) is 0 Å². The highest BCUT2D eigenvalue weighted by Gasteiger charge is 2.52. The van der Waals surface area contributed by atoms with Crippen LogP contribution in [0.4, 0.5) is 4.79 Å². The van der Waals surface area contributed by atoms with Gasteiger partial charge >= 0.3 is 12.0 Å². The summed E-state index contributed by atoms with van der Waals surface area (Å²) in [6, 6.07) is -0.610. The second-order valence-electron chi connectivity index (χ2n) is 6.87. The molecule has 4 amide bonds. The molecule has 0 aromatic heterocycles. The van der Waals surface area contributed by atoms with Crippen molar-refractivity contribution in [3.8, 4) is 0 Å². The average Bonchev–Trinajstić information content (AvgIpc) is 3.06. The van der Waals surface area contributed by atoms with Crippen LogP contribution in [0, 0.1) is 5.92 Å². The first-order chi connectivity index (χ1) is 11.2. The summed E-state index contributed by atoms with van der Waals surface area (Å²) in [5, 5.41) is 5.40. The summed E-state index contributed by atoms with van der Waals surface area (Å²) < 4.78 is 4.87. The molecule has 1 aliphatic carbocycles. The summed E-state index contributed by atoms with van der Waals surface area (Å²) in [4.78, 5) is 48.7. The number of imide groups is 1. The summed E-state index contributed by atoms with van der Waals surface area (Å²) in [6.45, 7) is 4.89. The van der Waals surface area contributed by atoms with Gasteiger partial charge in [-0.2, -0.15) is 0 Å². The van der Waals surface area contributed by atoms with Crippen molar-refractivity contribution in [2.45, 2.75) is 58.0 Å². The molecule has 0 bridgehead atoms. The highest BCUT2D eigenvalue weighted by atomic mass is 16.5. The van der Waals surface area contributed by atoms with Gasteiger partial charge in [0.15, 0.2) is 6.61 Å². The van der Waals surface area contributed by atoms with E-state index in [0.29, 0.717) is 12.8 Å². The molecule has 1 aliphatic heterocycles. The first kappa shape index (κ1) is 18.2. The van der Waals surface area contributed by atoms with Crippen molar-refractivity contribution < 1.29 is 23.9 Å². The third-order valence-electron chi connectivity index (χ3n) is 4.74. The molecule has 24 heavy (non-hydrogen) atoms. The van der Waals surface area contributed by atoms with Gasteiger partial charge in [-0.3, -0.25) is 19.3 Å². The van der Waals surface area contributed by atoms with Crippen molar-refractivity contribution in [2.24, 2.45) is 5.92 Å². The summed E-state index contributed by atoms with van der Waals surface area (Å²) in [5.74, 6) is -1.30. The molecule has 8 nitrogen and oxygen atoms in total. The lowest BCUT2D eigenvalue weighted by atomic mass is 9.98. The van der Waals surface area contributed by atoms with Crippen molar-refractivity contribution >= 4 is 23.8 Å². The number of nitrogens with one attached hydrogen (secondary N) is 2. The zero-order valence-corrected chi connectivity index (χ0v) is 14.4. The number of hydrogen-bond donors (Lipinski definition) is 2. The molecule has 2 aliphatic rings. The van der Waals surface area contributed by atoms with Crippen LogP contribution >= 0.6 is 0 Å². The SMILES string of the molecule is CC(C)[C@@H](C)NC(=O)COC(=O)CN1C(=O)NC2(CCCC2)C1=O. The van der Waals surface area contributed by atoms with E-state index in [4.69, 9.17) is 4.74 Å². The smallest absolute Gasteiger partial charge is 0.326 e. The van der Waals surface area contributed by atoms with Gasteiger partial charge in [-0.15, -0.1) is 0 Å². The number of ether oxygens (including phenoxy) is 1. The normalized spacial score (nSPS) is 20.4. The van der Waals surface area contributed by atoms with Gasteiger partial charge in [0.05, 0.1) is 0 Å². The lowest BCUT2D eigenvalue weighted by molar-refractivity contribution is -0.151. The Morgan fingerprint density at radius 3 is 2.46 bits per heavy atom. The van der Waals surface area contributed by atoms with Gasteiger partial charge in [-0.25, -0.2) is 4.79 Å². The average molecular weight is 339 g/mol. The Kier molecular flexibility index (Phi) is 5.46. The Hall–Kier alpha value is -2.12. The van der Waals surface area contributed by atoms with Crippen LogP contribution in [0.1, 0.15) is 46.5 Å². The van der Waals surface area contributed by atoms with Gasteiger partial charge in [-0.05, 0) is 25.7 Å². The largest absolute Gasteiger partial charge is 0.454 e. The summed E-state index contributed by atoms with van der Waals surface area (Å²) in [6.07, 6.45) is 2.94. The van der Waals surface area contributed by atoms with E-state index < -0.39 is 36.6 Å². The number of rotatable bonds is 6. The molecule has 0 aromatic carbocycles. The molecule has 134 valence electrons. The van der Waals surface area contributed by atoms with Gasteiger partial charge < -0.3 is 15.4 Å². The number of urea groups is 1. The molecule has 1 spiro atoms. The number of carbonyl (C=O) groups excluding carboxylic acids is 4. The van der Waals surface area contributed by atoms with Crippen LogP contribution in [0.15, 0.2) is 0 Å². The van der Waals surface area contributed by atoms with Crippen LogP contribution in [0.25, 0.3) is 0 Å². The van der Waals surface area contributed by atoms with Crippen LogP contribution in [0.2, 0.25) is 0 Å². The highest BCUT2D eigenvalue weighted by Crippen LogP contribution is 2.34. The Bertz CT molecular complexity index is 540. The molecule has 8 heteroatoms. The number of esters is 1. The zero-order chi connectivity index (χ0) is 17.9. The van der Waals surface area contributed by atoms with Gasteiger partial charge in [-0.1, -0.05) is 26.7 Å². The molecule has 2 rings (SSSR count). The first-order valence-corrected chi connectivity index (χ1v) is 8.34. The van der Waals surface area contributed by atoms with E-state index in [1.807, 2.05) is 20.8 Å². The third kappa shape index (κ3) is 3.85. The minimum Gasteiger partial charge on any atom is -0.454 e. The molecule has 2 fully saturated rings. The maximum absolute atomic E-state index is 12.4. The van der Waals surface area contributed by atoms with Gasteiger partial charge in [0.25, 0.3) is 11.8 Å². The van der Waals surface area contributed by atoms with Crippen LogP contribution in [0.3, 0.4) is 0 Å². The predicted octanol–water partition coefficient (Wildman–Crippen LogP) is 0.555. The number of amides is 4. The van der Waals surface area contributed by atoms with Crippen LogP contribution < -0.4 is 10.6 Å². The molecule has 2 N–H and O–H groups in total. The van der Waals surface area contributed by atoms with E-state index in [-0.39, 0.29) is 17.9 Å². The molecule has 0 radical (unpaired) electrons. The highest BCUT2D eigenvalue weighted by molar-refractivity contribution is 6.08. The topological polar surface area (TPSA) is 105 Å². The maximum atomic E-state index is 12.4. The second-order valence-corrected chi connectivity index (χ2v) is 6.87. The Balaban J connectivity index is 1.81. The number of carbonyl (C=O) groups is 4. The van der Waals surface area contributed by atoms with Crippen LogP contribution in [-0.4, -0.2) is 53.4 Å². The van der Waals surface area contributed by atoms with E-state index in [1.54, 1.807) is 0 Å². The van der Waals surface area contributed by atoms with Crippen LogP contribution in [-0.2, 0) is 19.1 Å². The standard InChI is InChI=1S/C16H25N3O5/c1-10(2)11(3)17-12(20)9-24-13(21)8-19-14(22)16(18-15(19)23)6-4-5-7-16/h10-11H,4-9H2,1-3H3,(H,17,20)(H,18,23)/t11-/m1/s1. The summed E-state index contributed by atoms with van der Waals surface area (Å²) in [7, 11) is 0. The molecule has 1 atom stereocenters. The minimum atomic E-state index is -0.846. The number of nitrogens with zero attached hydrogens (tertiary/aromatic N) is 1. The van der Waals surface area contributed by atoms with Crippen molar-refractivity contribution in [3.05, 3.63) is 0 Å². The molecule has 0 unspecified atom stereocenters. The third-order valence-corrected chi connectivity index (χ3v) is 4.74. The van der Waals surface area contributed by atoms with Crippen molar-refractivity contribution in [2.75, 3.05) is 13.2 Å². The second kappa shape index (κ2) is 7.19. The first-order valence-electron chi connectivity index (χ1n) is 8.34. The molecule has 1 heterocycles. The van der Waals surface area contributed by atoms with E-state index in [9.17, 15) is 19.2 Å². The molecular formula is C16H25N3O5. The lowest BCUT2D eigenvalue weighted by Gasteiger charge is -2.20. The van der Waals surface area contributed by atoms with E-state index in [0.717, 1.165) is 17.7 Å². The van der Waals surface area contributed by atoms with Gasteiger partial charge in [0, 0.05) is 6.04 Å². The van der Waals surface area contributed by atoms with E-state index >= 15 is 0 Å². The monoisotopic (exact) mass is 339 g/mol. The van der Waals surface area contributed by atoms with Gasteiger partial charge in [0.2, 0.25) is 0 Å².